The summed E-state index contributed by atoms with van der Waals surface area (Å²) in [7, 11) is 0. The third kappa shape index (κ3) is 8.83. The lowest BCUT2D eigenvalue weighted by atomic mass is 10.1. The molecule has 14 nitrogen and oxygen atoms in total. The minimum absolute atomic E-state index is 0.0686. The van der Waals surface area contributed by atoms with E-state index in [1.54, 1.807) is 0 Å². The van der Waals surface area contributed by atoms with Crippen molar-refractivity contribution < 1.29 is 44.4 Å². The summed E-state index contributed by atoms with van der Waals surface area (Å²) >= 11 is 0. The van der Waals surface area contributed by atoms with E-state index in [9.17, 15) is 39.6 Å². The van der Waals surface area contributed by atoms with Crippen LogP contribution in [0.15, 0.2) is 36.4 Å². The van der Waals surface area contributed by atoms with Crippen LogP contribution in [0.5, 0.6) is 23.0 Å². The molecule has 0 aliphatic rings. The van der Waals surface area contributed by atoms with E-state index in [-0.39, 0.29) is 50.5 Å². The van der Waals surface area contributed by atoms with Gasteiger partial charge in [0.05, 0.1) is 17.7 Å². The first-order valence-electron chi connectivity index (χ1n) is 11.6. The Morgan fingerprint density at radius 1 is 0.763 bits per heavy atom. The molecule has 0 saturated carbocycles. The van der Waals surface area contributed by atoms with Crippen LogP contribution in [0.2, 0.25) is 0 Å². The highest BCUT2D eigenvalue weighted by molar-refractivity contribution is 5.99. The molecule has 0 fully saturated rings. The van der Waals surface area contributed by atoms with Gasteiger partial charge in [0.25, 0.3) is 11.8 Å². The van der Waals surface area contributed by atoms with Crippen molar-refractivity contribution in [3.63, 3.8) is 0 Å². The van der Waals surface area contributed by atoms with Gasteiger partial charge in [-0.1, -0.05) is 12.1 Å². The molecule has 0 aliphatic carbocycles. The minimum atomic E-state index is -0.698. The zero-order valence-corrected chi connectivity index (χ0v) is 20.5. The lowest BCUT2D eigenvalue weighted by Crippen LogP contribution is -2.43. The van der Waals surface area contributed by atoms with Crippen molar-refractivity contribution in [3.8, 4) is 23.0 Å². The van der Waals surface area contributed by atoms with Gasteiger partial charge in [0, 0.05) is 26.2 Å². The number of nitrogens with zero attached hydrogens (tertiary/aromatic N) is 1. The molecular formula is C24H31N5O9. The van der Waals surface area contributed by atoms with E-state index >= 15 is 0 Å². The Hall–Kier alpha value is -4.56. The monoisotopic (exact) mass is 533 g/mol. The van der Waals surface area contributed by atoms with Gasteiger partial charge in [-0.3, -0.25) is 24.0 Å². The summed E-state index contributed by atoms with van der Waals surface area (Å²) in [4.78, 5) is 54.4. The molecule has 4 amide bonds. The van der Waals surface area contributed by atoms with Gasteiger partial charge in [-0.15, -0.1) is 0 Å². The summed E-state index contributed by atoms with van der Waals surface area (Å²) in [5.74, 6) is 0.438. The van der Waals surface area contributed by atoms with Crippen molar-refractivity contribution in [2.24, 2.45) is 5.90 Å². The van der Waals surface area contributed by atoms with E-state index < -0.39 is 46.6 Å². The molecule has 0 atom stereocenters. The van der Waals surface area contributed by atoms with Crippen LogP contribution in [-0.4, -0.2) is 88.3 Å². The van der Waals surface area contributed by atoms with Crippen LogP contribution in [0, 0.1) is 0 Å². The fourth-order valence-electron chi connectivity index (χ4n) is 3.33. The summed E-state index contributed by atoms with van der Waals surface area (Å²) in [6.07, 6.45) is 0.734. The van der Waals surface area contributed by atoms with E-state index in [4.69, 9.17) is 5.90 Å². The number of aromatic hydroxyl groups is 4. The zero-order valence-electron chi connectivity index (χ0n) is 20.5. The van der Waals surface area contributed by atoms with Crippen molar-refractivity contribution in [1.82, 2.24) is 20.9 Å². The predicted molar refractivity (Wildman–Crippen MR) is 133 cm³/mol. The third-order valence-corrected chi connectivity index (χ3v) is 5.25. The standard InChI is InChI=1S/C24H31N5O9/c25-38-14-20(33)27-11-10-26-19(32)13-29(24(37)16-6-4-8-18(31)22(16)35)12-2-1-9-28-23(36)15-5-3-7-17(30)21(15)34/h3-8,30-31,34-35H,1-2,9-14,25H2,(H,26,32)(H,27,33)(H,28,36). The Morgan fingerprint density at radius 3 is 1.97 bits per heavy atom. The quantitative estimate of drug-likeness (QED) is 0.0864. The molecule has 0 unspecified atom stereocenters. The molecule has 2 aromatic carbocycles. The first-order valence-corrected chi connectivity index (χ1v) is 11.6. The molecule has 0 bridgehead atoms. The highest BCUT2D eigenvalue weighted by atomic mass is 16.6. The van der Waals surface area contributed by atoms with Gasteiger partial charge < -0.3 is 41.3 Å². The number of para-hydroxylation sites is 2. The minimum Gasteiger partial charge on any atom is -0.504 e. The number of phenols is 4. The van der Waals surface area contributed by atoms with Gasteiger partial charge in [-0.05, 0) is 37.1 Å². The van der Waals surface area contributed by atoms with Crippen LogP contribution < -0.4 is 21.8 Å². The molecule has 206 valence electrons. The normalized spacial score (nSPS) is 10.4. The summed E-state index contributed by atoms with van der Waals surface area (Å²) in [5.41, 5.74) is -0.288. The SMILES string of the molecule is NOCC(=O)NCCNC(=O)CN(CCCCNC(=O)c1cccc(O)c1O)C(=O)c1cccc(O)c1O. The smallest absolute Gasteiger partial charge is 0.258 e. The van der Waals surface area contributed by atoms with Crippen LogP contribution in [-0.2, 0) is 14.4 Å². The third-order valence-electron chi connectivity index (χ3n) is 5.25. The average Bonchev–Trinajstić information content (AvgIpc) is 2.88. The van der Waals surface area contributed by atoms with Gasteiger partial charge in [-0.25, -0.2) is 5.90 Å². The Morgan fingerprint density at radius 2 is 1.34 bits per heavy atom. The molecule has 9 N–H and O–H groups in total. The number of phenolic OH excluding ortho intramolecular Hbond substituents is 4. The van der Waals surface area contributed by atoms with E-state index in [1.807, 2.05) is 0 Å². The second kappa shape index (κ2) is 14.9. The van der Waals surface area contributed by atoms with E-state index in [1.165, 1.54) is 41.3 Å². The number of hydrogen-bond donors (Lipinski definition) is 8. The van der Waals surface area contributed by atoms with Gasteiger partial charge in [-0.2, -0.15) is 0 Å². The average molecular weight is 534 g/mol. The number of amides is 4. The molecule has 0 radical (unpaired) electrons. The van der Waals surface area contributed by atoms with Crippen molar-refractivity contribution in [1.29, 1.82) is 0 Å². The number of rotatable bonds is 14. The number of benzene rings is 2. The number of hydrogen-bond acceptors (Lipinski definition) is 10. The molecule has 2 aromatic rings. The zero-order chi connectivity index (χ0) is 28.1. The van der Waals surface area contributed by atoms with Crippen LogP contribution in [0.1, 0.15) is 33.6 Å². The molecular weight excluding hydrogens is 502 g/mol. The second-order valence-corrected chi connectivity index (χ2v) is 8.05. The fraction of sp³-hybridized carbons (Fsp3) is 0.333. The highest BCUT2D eigenvalue weighted by Gasteiger charge is 2.22. The maximum Gasteiger partial charge on any atom is 0.258 e. The Balaban J connectivity index is 1.93. The Labute approximate surface area is 218 Å². The van der Waals surface area contributed by atoms with Crippen LogP contribution in [0.25, 0.3) is 0 Å². The fourth-order valence-corrected chi connectivity index (χ4v) is 3.33. The van der Waals surface area contributed by atoms with Crippen LogP contribution in [0.3, 0.4) is 0 Å². The Kier molecular flexibility index (Phi) is 11.6. The number of nitrogens with one attached hydrogen (secondary N) is 3. The first-order chi connectivity index (χ1) is 18.1. The molecule has 38 heavy (non-hydrogen) atoms. The maximum atomic E-state index is 13.0. The number of unbranched alkanes of at least 4 members (excludes halogenated alkanes) is 1. The largest absolute Gasteiger partial charge is 0.504 e. The molecule has 0 aliphatic heterocycles. The topological polar surface area (TPSA) is 224 Å². The van der Waals surface area contributed by atoms with E-state index in [0.29, 0.717) is 12.8 Å². The Bertz CT molecular complexity index is 1140. The van der Waals surface area contributed by atoms with E-state index in [2.05, 4.69) is 20.8 Å². The lowest BCUT2D eigenvalue weighted by Gasteiger charge is -2.23. The predicted octanol–water partition coefficient (Wildman–Crippen LogP) is -0.716. The van der Waals surface area contributed by atoms with Gasteiger partial charge in [0.1, 0.15) is 6.61 Å². The maximum absolute atomic E-state index is 13.0. The van der Waals surface area contributed by atoms with Gasteiger partial charge in [0.15, 0.2) is 23.0 Å². The number of nitrogens with two attached hydrogens (primary N) is 1. The van der Waals surface area contributed by atoms with Gasteiger partial charge in [0.2, 0.25) is 11.8 Å². The van der Waals surface area contributed by atoms with Crippen molar-refractivity contribution >= 4 is 23.6 Å². The molecule has 0 aromatic heterocycles. The molecule has 0 saturated heterocycles. The van der Waals surface area contributed by atoms with Crippen LogP contribution in [0.4, 0.5) is 0 Å². The number of carbonyl (C=O) groups is 4. The lowest BCUT2D eigenvalue weighted by molar-refractivity contribution is -0.126. The van der Waals surface area contributed by atoms with E-state index in [0.717, 1.165) is 0 Å². The molecule has 2 rings (SSSR count). The summed E-state index contributed by atoms with van der Waals surface area (Å²) in [5, 5.41) is 46.8. The molecule has 0 spiro atoms. The number of carbonyl (C=O) groups excluding carboxylic acids is 4. The van der Waals surface area contributed by atoms with Crippen LogP contribution >= 0.6 is 0 Å². The summed E-state index contributed by atoms with van der Waals surface area (Å²) in [6.45, 7) is -0.298. The first kappa shape index (κ1) is 29.7. The van der Waals surface area contributed by atoms with Crippen molar-refractivity contribution in [3.05, 3.63) is 47.5 Å². The van der Waals surface area contributed by atoms with Crippen molar-refractivity contribution in [2.45, 2.75) is 12.8 Å². The molecule has 14 heteroatoms. The highest BCUT2D eigenvalue weighted by Crippen LogP contribution is 2.29. The van der Waals surface area contributed by atoms with Crippen molar-refractivity contribution in [2.75, 3.05) is 39.3 Å². The molecule has 0 heterocycles. The second-order valence-electron chi connectivity index (χ2n) is 8.05. The summed E-state index contributed by atoms with van der Waals surface area (Å²) in [6, 6.07) is 7.89. The summed E-state index contributed by atoms with van der Waals surface area (Å²) < 4.78 is 0. The van der Waals surface area contributed by atoms with Gasteiger partial charge >= 0.3 is 0 Å².